The van der Waals surface area contributed by atoms with Crippen LogP contribution in [0.5, 0.6) is 11.5 Å². The standard InChI is InChI=1S/C26H22BrNO4S/c1-2-31-23-14-19(12-13-22(23)32-17-18-8-4-3-5-9-18)15-24-25(29)28(26(30)33-24)16-20-10-6-7-11-21(20)27/h3-15H,2,16-17H2,1H3/b24-15-. The fourth-order valence-electron chi connectivity index (χ4n) is 3.32. The van der Waals surface area contributed by atoms with E-state index in [9.17, 15) is 9.59 Å². The predicted molar refractivity (Wildman–Crippen MR) is 134 cm³/mol. The number of imide groups is 1. The van der Waals surface area contributed by atoms with Gasteiger partial charge in [-0.25, -0.2) is 0 Å². The quantitative estimate of drug-likeness (QED) is 0.309. The van der Waals surface area contributed by atoms with E-state index in [1.165, 1.54) is 4.90 Å². The number of amides is 2. The molecule has 5 nitrogen and oxygen atoms in total. The molecule has 3 aromatic carbocycles. The maximum atomic E-state index is 12.9. The fourth-order valence-corrected chi connectivity index (χ4v) is 4.57. The molecule has 1 aliphatic heterocycles. The molecule has 4 rings (SSSR count). The van der Waals surface area contributed by atoms with E-state index in [1.807, 2.05) is 79.7 Å². The van der Waals surface area contributed by atoms with Gasteiger partial charge in [0.15, 0.2) is 11.5 Å². The molecule has 1 saturated heterocycles. The van der Waals surface area contributed by atoms with Gasteiger partial charge in [0, 0.05) is 4.47 Å². The van der Waals surface area contributed by atoms with E-state index in [-0.39, 0.29) is 17.7 Å². The van der Waals surface area contributed by atoms with Crippen LogP contribution in [0.3, 0.4) is 0 Å². The van der Waals surface area contributed by atoms with Gasteiger partial charge in [-0.1, -0.05) is 70.5 Å². The van der Waals surface area contributed by atoms with Crippen molar-refractivity contribution in [3.63, 3.8) is 0 Å². The molecular weight excluding hydrogens is 502 g/mol. The van der Waals surface area contributed by atoms with E-state index < -0.39 is 0 Å². The van der Waals surface area contributed by atoms with E-state index in [0.29, 0.717) is 29.6 Å². The first-order chi connectivity index (χ1) is 16.0. The lowest BCUT2D eigenvalue weighted by atomic mass is 10.1. The van der Waals surface area contributed by atoms with Crippen LogP contribution in [0, 0.1) is 0 Å². The molecule has 3 aromatic rings. The zero-order valence-corrected chi connectivity index (χ0v) is 20.4. The number of ether oxygens (including phenoxy) is 2. The summed E-state index contributed by atoms with van der Waals surface area (Å²) >= 11 is 4.42. The average Bonchev–Trinajstić information content (AvgIpc) is 3.08. The lowest BCUT2D eigenvalue weighted by Gasteiger charge is -2.14. The highest BCUT2D eigenvalue weighted by Crippen LogP contribution is 2.36. The number of carbonyl (C=O) groups excluding carboxylic acids is 2. The minimum Gasteiger partial charge on any atom is -0.490 e. The Hall–Kier alpha value is -3.03. The SMILES string of the molecule is CCOc1cc(/C=C2\SC(=O)N(Cc3ccccc3Br)C2=O)ccc1OCc1ccccc1. The number of thioether (sulfide) groups is 1. The van der Waals surface area contributed by atoms with Crippen LogP contribution in [0.1, 0.15) is 23.6 Å². The smallest absolute Gasteiger partial charge is 0.293 e. The summed E-state index contributed by atoms with van der Waals surface area (Å²) in [5.74, 6) is 0.914. The van der Waals surface area contributed by atoms with Crippen LogP contribution < -0.4 is 9.47 Å². The molecule has 0 radical (unpaired) electrons. The van der Waals surface area contributed by atoms with Crippen LogP contribution in [0.2, 0.25) is 0 Å². The molecule has 1 heterocycles. The molecule has 1 fully saturated rings. The van der Waals surface area contributed by atoms with Gasteiger partial charge in [0.05, 0.1) is 18.1 Å². The Morgan fingerprint density at radius 2 is 1.70 bits per heavy atom. The molecule has 7 heteroatoms. The zero-order chi connectivity index (χ0) is 23.2. The summed E-state index contributed by atoms with van der Waals surface area (Å²) in [5, 5.41) is -0.283. The number of hydrogen-bond donors (Lipinski definition) is 0. The second-order valence-electron chi connectivity index (χ2n) is 7.27. The van der Waals surface area contributed by atoms with Gasteiger partial charge >= 0.3 is 0 Å². The third-order valence-electron chi connectivity index (χ3n) is 4.96. The summed E-state index contributed by atoms with van der Waals surface area (Å²) in [4.78, 5) is 27.1. The monoisotopic (exact) mass is 523 g/mol. The molecule has 2 amide bonds. The van der Waals surface area contributed by atoms with Crippen molar-refractivity contribution in [2.75, 3.05) is 6.61 Å². The Balaban J connectivity index is 1.51. The van der Waals surface area contributed by atoms with Crippen molar-refractivity contribution in [2.24, 2.45) is 0 Å². The molecule has 0 aromatic heterocycles. The van der Waals surface area contributed by atoms with Gasteiger partial charge in [-0.05, 0) is 59.7 Å². The normalized spacial score (nSPS) is 14.7. The molecule has 168 valence electrons. The first-order valence-corrected chi connectivity index (χ1v) is 12.1. The van der Waals surface area contributed by atoms with Crippen molar-refractivity contribution in [2.45, 2.75) is 20.1 Å². The number of halogens is 1. The molecule has 0 spiro atoms. The third kappa shape index (κ3) is 5.67. The van der Waals surface area contributed by atoms with Crippen LogP contribution in [0.15, 0.2) is 82.2 Å². The first kappa shape index (κ1) is 23.1. The summed E-state index contributed by atoms with van der Waals surface area (Å²) in [6.07, 6.45) is 1.72. The highest BCUT2D eigenvalue weighted by atomic mass is 79.9. The number of benzene rings is 3. The zero-order valence-electron chi connectivity index (χ0n) is 18.0. The summed E-state index contributed by atoms with van der Waals surface area (Å²) in [6.45, 7) is 3.03. The van der Waals surface area contributed by atoms with Crippen molar-refractivity contribution >= 4 is 44.9 Å². The molecule has 0 bridgehead atoms. The molecule has 33 heavy (non-hydrogen) atoms. The Morgan fingerprint density at radius 3 is 2.45 bits per heavy atom. The lowest BCUT2D eigenvalue weighted by molar-refractivity contribution is -0.123. The third-order valence-corrected chi connectivity index (χ3v) is 6.64. The van der Waals surface area contributed by atoms with E-state index in [4.69, 9.17) is 9.47 Å². The van der Waals surface area contributed by atoms with Gasteiger partial charge in [-0.2, -0.15) is 0 Å². The average molecular weight is 524 g/mol. The summed E-state index contributed by atoms with van der Waals surface area (Å²) in [5.41, 5.74) is 2.69. The maximum Gasteiger partial charge on any atom is 0.293 e. The maximum absolute atomic E-state index is 12.9. The Bertz CT molecular complexity index is 1200. The van der Waals surface area contributed by atoms with E-state index in [1.54, 1.807) is 6.08 Å². The molecule has 0 saturated carbocycles. The number of rotatable bonds is 8. The van der Waals surface area contributed by atoms with Gasteiger partial charge in [0.2, 0.25) is 0 Å². The molecule has 0 N–H and O–H groups in total. The Kier molecular flexibility index (Phi) is 7.52. The van der Waals surface area contributed by atoms with Crippen LogP contribution in [-0.4, -0.2) is 22.7 Å². The van der Waals surface area contributed by atoms with Gasteiger partial charge in [-0.3, -0.25) is 14.5 Å². The van der Waals surface area contributed by atoms with Crippen LogP contribution in [0.4, 0.5) is 4.79 Å². The summed E-state index contributed by atoms with van der Waals surface area (Å²) in [7, 11) is 0. The lowest BCUT2D eigenvalue weighted by Crippen LogP contribution is -2.27. The highest BCUT2D eigenvalue weighted by molar-refractivity contribution is 9.10. The van der Waals surface area contributed by atoms with Crippen LogP contribution >= 0.6 is 27.7 Å². The Morgan fingerprint density at radius 1 is 0.939 bits per heavy atom. The second kappa shape index (κ2) is 10.7. The highest BCUT2D eigenvalue weighted by Gasteiger charge is 2.35. The number of carbonyl (C=O) groups is 2. The molecule has 0 atom stereocenters. The number of hydrogen-bond acceptors (Lipinski definition) is 5. The minimum absolute atomic E-state index is 0.222. The van der Waals surface area contributed by atoms with Crippen LogP contribution in [-0.2, 0) is 17.9 Å². The topological polar surface area (TPSA) is 55.8 Å². The molecule has 0 aliphatic carbocycles. The first-order valence-electron chi connectivity index (χ1n) is 10.5. The molecule has 0 unspecified atom stereocenters. The van der Waals surface area contributed by atoms with E-state index in [0.717, 1.165) is 32.9 Å². The molecule has 1 aliphatic rings. The van der Waals surface area contributed by atoms with Crippen molar-refractivity contribution in [1.82, 2.24) is 4.90 Å². The Labute approximate surface area is 205 Å². The second-order valence-corrected chi connectivity index (χ2v) is 9.12. The van der Waals surface area contributed by atoms with Crippen LogP contribution in [0.25, 0.3) is 6.08 Å². The fraction of sp³-hybridized carbons (Fsp3) is 0.154. The van der Waals surface area contributed by atoms with E-state index in [2.05, 4.69) is 15.9 Å². The minimum atomic E-state index is -0.303. The predicted octanol–water partition coefficient (Wildman–Crippen LogP) is 6.66. The largest absolute Gasteiger partial charge is 0.490 e. The van der Waals surface area contributed by atoms with Crippen molar-refractivity contribution in [3.8, 4) is 11.5 Å². The molecular formula is C26H22BrNO4S. The number of nitrogens with zero attached hydrogens (tertiary/aromatic N) is 1. The van der Waals surface area contributed by atoms with E-state index >= 15 is 0 Å². The summed E-state index contributed by atoms with van der Waals surface area (Å²) < 4.78 is 12.6. The van der Waals surface area contributed by atoms with Gasteiger partial charge < -0.3 is 9.47 Å². The summed E-state index contributed by atoms with van der Waals surface area (Å²) in [6, 6.07) is 22.9. The van der Waals surface area contributed by atoms with Crippen molar-refractivity contribution in [1.29, 1.82) is 0 Å². The van der Waals surface area contributed by atoms with Gasteiger partial charge in [0.1, 0.15) is 6.61 Å². The van der Waals surface area contributed by atoms with Crippen molar-refractivity contribution < 1.29 is 19.1 Å². The van der Waals surface area contributed by atoms with Gasteiger partial charge in [-0.15, -0.1) is 0 Å². The van der Waals surface area contributed by atoms with Gasteiger partial charge in [0.25, 0.3) is 11.1 Å². The van der Waals surface area contributed by atoms with Crippen molar-refractivity contribution in [3.05, 3.63) is 98.9 Å².